The van der Waals surface area contributed by atoms with Crippen molar-refractivity contribution in [1.82, 2.24) is 9.13 Å². The highest BCUT2D eigenvalue weighted by Gasteiger charge is 2.28. The molecule has 2 aliphatic carbocycles. The maximum absolute atomic E-state index is 2.53. The maximum atomic E-state index is 2.53. The minimum Gasteiger partial charge on any atom is -0.309 e. The van der Waals surface area contributed by atoms with Gasteiger partial charge in [0, 0.05) is 38.4 Å². The zero-order valence-electron chi connectivity index (χ0n) is 39.4. The van der Waals surface area contributed by atoms with Crippen molar-refractivity contribution in [2.45, 2.75) is 26.7 Å². The number of rotatable bonds is 6. The first-order valence-corrected chi connectivity index (χ1v) is 24.9. The minimum atomic E-state index is 0.312. The van der Waals surface area contributed by atoms with Crippen molar-refractivity contribution in [2.75, 3.05) is 0 Å². The van der Waals surface area contributed by atoms with Crippen LogP contribution in [0.3, 0.4) is 0 Å². The van der Waals surface area contributed by atoms with E-state index < -0.39 is 0 Å². The van der Waals surface area contributed by atoms with Gasteiger partial charge in [0.1, 0.15) is 0 Å². The fraction of sp³-hybridized carbons (Fsp3) is 0.0882. The van der Waals surface area contributed by atoms with E-state index in [0.29, 0.717) is 11.8 Å². The van der Waals surface area contributed by atoms with E-state index in [9.17, 15) is 0 Å². The van der Waals surface area contributed by atoms with Crippen LogP contribution in [0.15, 0.2) is 231 Å². The summed E-state index contributed by atoms with van der Waals surface area (Å²) in [5, 5.41) is 5.13. The minimum absolute atomic E-state index is 0.312. The Kier molecular flexibility index (Phi) is 9.32. The number of para-hydroxylation sites is 2. The fourth-order valence-electron chi connectivity index (χ4n) is 12.1. The molecule has 0 N–H and O–H groups in total. The van der Waals surface area contributed by atoms with Crippen LogP contribution in [0.1, 0.15) is 43.4 Å². The number of benzene rings is 9. The average Bonchev–Trinajstić information content (AvgIpc) is 3.89. The van der Waals surface area contributed by atoms with Crippen LogP contribution >= 0.6 is 0 Å². The van der Waals surface area contributed by atoms with Crippen molar-refractivity contribution in [3.8, 4) is 55.9 Å². The van der Waals surface area contributed by atoms with Gasteiger partial charge in [0.15, 0.2) is 0 Å². The van der Waals surface area contributed by atoms with Gasteiger partial charge in [-0.05, 0) is 158 Å². The summed E-state index contributed by atoms with van der Waals surface area (Å²) in [5.74, 6) is 0.824. The molecule has 0 saturated carbocycles. The van der Waals surface area contributed by atoms with Gasteiger partial charge in [0.25, 0.3) is 0 Å². The van der Waals surface area contributed by atoms with Crippen LogP contribution in [-0.2, 0) is 0 Å². The van der Waals surface area contributed by atoms with Crippen LogP contribution in [0.2, 0.25) is 0 Å². The standard InChI is InChI=1S/C68H50N2/c1-43-16-15-21-47(34-43)52-36-51(46-19-7-4-8-20-46)37-54(38-52)69-64-26-13-11-24-58(64)61-40-50(30-32-66(61)69)48-28-31-55(44(2)35-48)53-41-62-57-23-10-9-22-56(57)60-39-49(45-17-5-3-6-18-45)29-33-67(60)70-65-27-14-12-25-59(65)63(42-53)68(62)70/h3-15,17-34,36-44H,16,35H2,1-2H3. The zero-order chi connectivity index (χ0) is 46.5. The van der Waals surface area contributed by atoms with Gasteiger partial charge >= 0.3 is 0 Å². The Balaban J connectivity index is 0.893. The smallest absolute Gasteiger partial charge is 0.0620 e. The monoisotopic (exact) mass is 894 g/mol. The highest BCUT2D eigenvalue weighted by atomic mass is 15.0. The first-order chi connectivity index (χ1) is 34.5. The number of hydrogen-bond acceptors (Lipinski definition) is 0. The molecule has 2 heteroatoms. The van der Waals surface area contributed by atoms with E-state index in [-0.39, 0.29) is 0 Å². The number of hydrogen-bond donors (Lipinski definition) is 0. The van der Waals surface area contributed by atoms with E-state index in [1.165, 1.54) is 133 Å². The van der Waals surface area contributed by atoms with Crippen LogP contribution in [0.4, 0.5) is 0 Å². The SMILES string of the molecule is CC1C=C(c2cc(-c3ccccc3)cc(-n3c4ccccc4c4cc(C5=CC=C(c6cc7c8c(c6)c6ccccc6n8-c6ccc(-c8ccccc8)cc6-c6ccccc6-7)C(C)C5)ccc43)c2)C=CC1. The third-order valence-corrected chi connectivity index (χ3v) is 15.4. The number of aromatic nitrogens is 2. The topological polar surface area (TPSA) is 9.86 Å². The zero-order valence-corrected chi connectivity index (χ0v) is 39.4. The predicted octanol–water partition coefficient (Wildman–Crippen LogP) is 18.3. The Morgan fingerprint density at radius 1 is 0.414 bits per heavy atom. The average molecular weight is 895 g/mol. The predicted molar refractivity (Wildman–Crippen MR) is 297 cm³/mol. The molecular weight excluding hydrogens is 845 g/mol. The van der Waals surface area contributed by atoms with Gasteiger partial charge < -0.3 is 9.13 Å². The third-order valence-electron chi connectivity index (χ3n) is 15.4. The van der Waals surface area contributed by atoms with Gasteiger partial charge in [0.2, 0.25) is 0 Å². The summed E-state index contributed by atoms with van der Waals surface area (Å²) >= 11 is 0. The molecule has 0 bridgehead atoms. The summed E-state index contributed by atoms with van der Waals surface area (Å²) < 4.78 is 5.01. The van der Waals surface area contributed by atoms with E-state index in [0.717, 1.165) is 12.8 Å². The Hall–Kier alpha value is -8.46. The van der Waals surface area contributed by atoms with Crippen LogP contribution < -0.4 is 0 Å². The molecule has 0 fully saturated rings. The second-order valence-corrected chi connectivity index (χ2v) is 19.8. The molecule has 2 unspecified atom stereocenters. The summed E-state index contributed by atoms with van der Waals surface area (Å²) in [4.78, 5) is 0. The largest absolute Gasteiger partial charge is 0.309 e. The van der Waals surface area contributed by atoms with Crippen molar-refractivity contribution in [1.29, 1.82) is 0 Å². The summed E-state index contributed by atoms with van der Waals surface area (Å²) in [6.07, 6.45) is 13.9. The highest BCUT2D eigenvalue weighted by Crippen LogP contribution is 2.50. The molecule has 1 aliphatic heterocycles. The van der Waals surface area contributed by atoms with E-state index in [1.807, 2.05) is 0 Å². The van der Waals surface area contributed by atoms with E-state index in [1.54, 1.807) is 0 Å². The summed E-state index contributed by atoms with van der Waals surface area (Å²) in [6.45, 7) is 4.73. The molecule has 14 rings (SSSR count). The Morgan fingerprint density at radius 2 is 1.03 bits per heavy atom. The van der Waals surface area contributed by atoms with Gasteiger partial charge in [-0.2, -0.15) is 0 Å². The quantitative estimate of drug-likeness (QED) is 0.157. The molecule has 3 heterocycles. The highest BCUT2D eigenvalue weighted by molar-refractivity contribution is 6.18. The lowest BCUT2D eigenvalue weighted by atomic mass is 9.81. The molecule has 2 atom stereocenters. The summed E-state index contributed by atoms with van der Waals surface area (Å²) in [6, 6.07) is 74.8. The van der Waals surface area contributed by atoms with E-state index in [2.05, 4.69) is 254 Å². The van der Waals surface area contributed by atoms with Crippen molar-refractivity contribution in [2.24, 2.45) is 11.8 Å². The molecule has 2 aromatic heterocycles. The third kappa shape index (κ3) is 6.47. The molecule has 0 radical (unpaired) electrons. The number of fused-ring (bicyclic) bond motifs is 11. The molecule has 9 aromatic carbocycles. The molecule has 332 valence electrons. The van der Waals surface area contributed by atoms with Crippen LogP contribution in [0.25, 0.3) is 116 Å². The fourth-order valence-corrected chi connectivity index (χ4v) is 12.1. The second kappa shape index (κ2) is 16.1. The molecule has 0 spiro atoms. The molecule has 0 saturated heterocycles. The lowest BCUT2D eigenvalue weighted by molar-refractivity contribution is 0.740. The lowest BCUT2D eigenvalue weighted by Crippen LogP contribution is -2.05. The normalized spacial score (nSPS) is 16.2. The van der Waals surface area contributed by atoms with Crippen molar-refractivity contribution in [3.05, 3.63) is 247 Å². The molecule has 11 aromatic rings. The molecule has 70 heavy (non-hydrogen) atoms. The number of nitrogens with zero attached hydrogens (tertiary/aromatic N) is 2. The Bertz CT molecular complexity index is 4070. The summed E-state index contributed by atoms with van der Waals surface area (Å²) in [7, 11) is 0. The second-order valence-electron chi connectivity index (χ2n) is 19.8. The maximum Gasteiger partial charge on any atom is 0.0620 e. The molecular formula is C68H50N2. The van der Waals surface area contributed by atoms with Crippen LogP contribution in [0, 0.1) is 11.8 Å². The van der Waals surface area contributed by atoms with Gasteiger partial charge in [-0.3, -0.25) is 0 Å². The van der Waals surface area contributed by atoms with E-state index >= 15 is 0 Å². The van der Waals surface area contributed by atoms with Crippen molar-refractivity contribution in [3.63, 3.8) is 0 Å². The van der Waals surface area contributed by atoms with Crippen LogP contribution in [-0.4, -0.2) is 9.13 Å². The van der Waals surface area contributed by atoms with Gasteiger partial charge in [0.05, 0.1) is 27.8 Å². The molecule has 0 amide bonds. The Morgan fingerprint density at radius 3 is 1.79 bits per heavy atom. The van der Waals surface area contributed by atoms with Crippen molar-refractivity contribution < 1.29 is 0 Å². The summed E-state index contributed by atoms with van der Waals surface area (Å²) in [5.41, 5.74) is 25.2. The lowest BCUT2D eigenvalue weighted by Gasteiger charge is -2.23. The van der Waals surface area contributed by atoms with Gasteiger partial charge in [-0.1, -0.05) is 178 Å². The Labute approximate surface area is 409 Å². The number of allylic oxidation sites excluding steroid dienone is 8. The first kappa shape index (κ1) is 40.6. The first-order valence-electron chi connectivity index (χ1n) is 24.9. The molecule has 2 nitrogen and oxygen atoms in total. The van der Waals surface area contributed by atoms with Crippen LogP contribution in [0.5, 0.6) is 0 Å². The van der Waals surface area contributed by atoms with Crippen molar-refractivity contribution >= 4 is 60.3 Å². The van der Waals surface area contributed by atoms with E-state index in [4.69, 9.17) is 0 Å². The van der Waals surface area contributed by atoms with Gasteiger partial charge in [-0.25, -0.2) is 0 Å². The molecule has 3 aliphatic rings. The van der Waals surface area contributed by atoms with Gasteiger partial charge in [-0.15, -0.1) is 0 Å².